The van der Waals surface area contributed by atoms with Crippen LogP contribution in [0.5, 0.6) is 0 Å². The molecule has 8 heteroatoms. The summed E-state index contributed by atoms with van der Waals surface area (Å²) in [6.07, 6.45) is 16.8. The molecule has 1 unspecified atom stereocenters. The molecule has 6 rings (SSSR count). The van der Waals surface area contributed by atoms with Gasteiger partial charge in [0.25, 0.3) is 5.91 Å². The van der Waals surface area contributed by atoms with Gasteiger partial charge in [0.2, 0.25) is 11.8 Å². The first-order valence-electron chi connectivity index (χ1n) is 17.1. The molecule has 0 aliphatic heterocycles. The van der Waals surface area contributed by atoms with Crippen LogP contribution >= 0.6 is 0 Å². The van der Waals surface area contributed by atoms with E-state index in [2.05, 4.69) is 34.9 Å². The molecule has 4 fully saturated rings. The summed E-state index contributed by atoms with van der Waals surface area (Å²) in [5, 5.41) is 13.9. The Balaban J connectivity index is 1.25. The summed E-state index contributed by atoms with van der Waals surface area (Å²) < 4.78 is 1.56. The zero-order valence-corrected chi connectivity index (χ0v) is 26.9. The van der Waals surface area contributed by atoms with Crippen molar-refractivity contribution in [2.45, 2.75) is 115 Å². The third-order valence-corrected chi connectivity index (χ3v) is 11.8. The van der Waals surface area contributed by atoms with Crippen molar-refractivity contribution in [2.24, 2.45) is 29.7 Å². The molecule has 0 saturated heterocycles. The number of nitrogens with one attached hydrogen (secondary N) is 3. The zero-order valence-electron chi connectivity index (χ0n) is 26.9. The molecule has 4 aliphatic carbocycles. The molecule has 0 bridgehead atoms. The number of benzene rings is 1. The van der Waals surface area contributed by atoms with Gasteiger partial charge in [0.1, 0.15) is 11.7 Å². The average Bonchev–Trinajstić information content (AvgIpc) is 3.35. The van der Waals surface area contributed by atoms with Crippen LogP contribution < -0.4 is 16.0 Å². The van der Waals surface area contributed by atoms with Gasteiger partial charge in [-0.15, -0.1) is 0 Å². The van der Waals surface area contributed by atoms with Gasteiger partial charge in [-0.05, 0) is 85.0 Å². The number of carbonyl (C=O) groups is 3. The summed E-state index contributed by atoms with van der Waals surface area (Å²) in [6, 6.07) is 8.94. The first-order chi connectivity index (χ1) is 21.1. The fourth-order valence-electron chi connectivity index (χ4n) is 8.56. The van der Waals surface area contributed by atoms with Crippen LogP contribution in [-0.4, -0.2) is 40.1 Å². The Morgan fingerprint density at radius 3 is 2.27 bits per heavy atom. The van der Waals surface area contributed by atoms with Crippen molar-refractivity contribution < 1.29 is 14.4 Å². The van der Waals surface area contributed by atoms with Gasteiger partial charge in [-0.25, -0.2) is 0 Å². The van der Waals surface area contributed by atoms with Crippen molar-refractivity contribution in [3.8, 4) is 0 Å². The van der Waals surface area contributed by atoms with Gasteiger partial charge in [-0.1, -0.05) is 77.3 Å². The number of carbonyl (C=O) groups excluding carboxylic acids is 3. The molecule has 4 saturated carbocycles. The van der Waals surface area contributed by atoms with Crippen LogP contribution in [0.4, 0.5) is 5.69 Å². The van der Waals surface area contributed by atoms with Crippen molar-refractivity contribution >= 4 is 23.4 Å². The number of aryl methyl sites for hydroxylation is 1. The van der Waals surface area contributed by atoms with Crippen LogP contribution in [0.1, 0.15) is 120 Å². The highest BCUT2D eigenvalue weighted by Gasteiger charge is 2.53. The lowest BCUT2D eigenvalue weighted by Gasteiger charge is -2.40. The zero-order chi connectivity index (χ0) is 31.0. The molecule has 3 N–H and O–H groups in total. The average molecular weight is 602 g/mol. The van der Waals surface area contributed by atoms with Crippen LogP contribution in [0.25, 0.3) is 0 Å². The molecule has 1 heterocycles. The molecule has 8 nitrogen and oxygen atoms in total. The minimum Gasteiger partial charge on any atom is -0.355 e. The van der Waals surface area contributed by atoms with Gasteiger partial charge in [-0.3, -0.25) is 19.1 Å². The molecule has 4 aliphatic rings. The summed E-state index contributed by atoms with van der Waals surface area (Å²) in [4.78, 5) is 41.7. The Morgan fingerprint density at radius 1 is 0.932 bits per heavy atom. The quantitative estimate of drug-likeness (QED) is 0.282. The van der Waals surface area contributed by atoms with E-state index in [9.17, 15) is 14.4 Å². The monoisotopic (exact) mass is 601 g/mol. The highest BCUT2D eigenvalue weighted by molar-refractivity contribution is 6.01. The van der Waals surface area contributed by atoms with Crippen molar-refractivity contribution in [1.29, 1.82) is 0 Å². The van der Waals surface area contributed by atoms with Crippen LogP contribution in [0.15, 0.2) is 36.5 Å². The molecule has 2 aromatic rings. The van der Waals surface area contributed by atoms with E-state index in [4.69, 9.17) is 0 Å². The van der Waals surface area contributed by atoms with Gasteiger partial charge >= 0.3 is 0 Å². The number of anilines is 1. The second-order valence-corrected chi connectivity index (χ2v) is 15.1. The maximum Gasteiger partial charge on any atom is 0.270 e. The number of amides is 3. The van der Waals surface area contributed by atoms with E-state index in [1.165, 1.54) is 38.5 Å². The first-order valence-corrected chi connectivity index (χ1v) is 17.1. The normalized spacial score (nSPS) is 23.2. The highest BCUT2D eigenvalue weighted by Crippen LogP contribution is 2.57. The minimum atomic E-state index is -0.663. The number of nitrogens with zero attached hydrogens (tertiary/aromatic N) is 2. The van der Waals surface area contributed by atoms with E-state index in [1.807, 2.05) is 24.3 Å². The molecule has 1 aromatic carbocycles. The molecular weight excluding hydrogens is 550 g/mol. The summed E-state index contributed by atoms with van der Waals surface area (Å²) in [5.74, 6) is 0.123. The summed E-state index contributed by atoms with van der Waals surface area (Å²) in [7, 11) is 1.75. The number of hydrogen-bond donors (Lipinski definition) is 3. The maximum absolute atomic E-state index is 14.3. The van der Waals surface area contributed by atoms with Crippen molar-refractivity contribution in [3.63, 3.8) is 0 Å². The van der Waals surface area contributed by atoms with Gasteiger partial charge in [0.15, 0.2) is 0 Å². The van der Waals surface area contributed by atoms with Crippen LogP contribution in [0, 0.1) is 22.7 Å². The largest absolute Gasteiger partial charge is 0.355 e. The first kappa shape index (κ1) is 30.8. The highest BCUT2D eigenvalue weighted by atomic mass is 16.2. The summed E-state index contributed by atoms with van der Waals surface area (Å²) in [5.41, 5.74) is 1.78. The number of hydrogen-bond acceptors (Lipinski definition) is 4. The minimum absolute atomic E-state index is 0.0364. The molecular formula is C36H51N5O3. The SMILES string of the molecule is Cn1nccc1C(=O)N[C@H](C(=O)Nc1cccc(C2(C(=O)NCC3(C)CCC3)CCCC2)c1)C(C1CCCCC1)C1(C)CC1. The van der Waals surface area contributed by atoms with Crippen molar-refractivity contribution in [3.05, 3.63) is 47.8 Å². The summed E-state index contributed by atoms with van der Waals surface area (Å²) >= 11 is 0. The molecule has 1 aromatic heterocycles. The predicted octanol–water partition coefficient (Wildman–Crippen LogP) is 6.27. The van der Waals surface area contributed by atoms with E-state index in [0.29, 0.717) is 17.3 Å². The molecule has 2 atom stereocenters. The van der Waals surface area contributed by atoms with Gasteiger partial charge in [0.05, 0.1) is 5.41 Å². The fraction of sp³-hybridized carbons (Fsp3) is 0.667. The lowest BCUT2D eigenvalue weighted by Crippen LogP contribution is -2.53. The Bertz CT molecular complexity index is 1360. The lowest BCUT2D eigenvalue weighted by molar-refractivity contribution is -0.127. The smallest absolute Gasteiger partial charge is 0.270 e. The maximum atomic E-state index is 14.3. The standard InChI is InChI=1S/C36H51N5O3/c1-34(16-10-17-34)24-37-33(44)36(18-7-8-19-36)26-13-9-14-27(23-26)39-32(43)30(40-31(42)28-15-22-38-41(28)3)29(35(2)20-21-35)25-11-5-4-6-12-25/h9,13-15,22-23,25,29-30H,4-8,10-12,16-21,24H2,1-3H3,(H,37,44)(H,39,43)(H,40,42)/t29?,30-/m0/s1. The van der Waals surface area contributed by atoms with Crippen molar-refractivity contribution in [1.82, 2.24) is 20.4 Å². The second kappa shape index (κ2) is 12.3. The van der Waals surface area contributed by atoms with E-state index in [-0.39, 0.29) is 34.5 Å². The lowest BCUT2D eigenvalue weighted by atomic mass is 9.69. The van der Waals surface area contributed by atoms with Crippen LogP contribution in [0.2, 0.25) is 0 Å². The topological polar surface area (TPSA) is 105 Å². The van der Waals surface area contributed by atoms with Gasteiger partial charge in [-0.2, -0.15) is 5.10 Å². The predicted molar refractivity (Wildman–Crippen MR) is 172 cm³/mol. The molecule has 0 radical (unpaired) electrons. The third-order valence-electron chi connectivity index (χ3n) is 11.8. The summed E-state index contributed by atoms with van der Waals surface area (Å²) in [6.45, 7) is 5.28. The molecule has 3 amide bonds. The fourth-order valence-corrected chi connectivity index (χ4v) is 8.56. The molecule has 0 spiro atoms. The van der Waals surface area contributed by atoms with Crippen LogP contribution in [-0.2, 0) is 22.1 Å². The van der Waals surface area contributed by atoms with E-state index >= 15 is 0 Å². The van der Waals surface area contributed by atoms with Gasteiger partial charge in [0, 0.05) is 25.5 Å². The van der Waals surface area contributed by atoms with E-state index in [1.54, 1.807) is 24.0 Å². The Hall–Kier alpha value is -3.16. The Kier molecular flexibility index (Phi) is 8.64. The molecule has 44 heavy (non-hydrogen) atoms. The second-order valence-electron chi connectivity index (χ2n) is 15.1. The van der Waals surface area contributed by atoms with Gasteiger partial charge < -0.3 is 16.0 Å². The van der Waals surface area contributed by atoms with E-state index < -0.39 is 11.5 Å². The Morgan fingerprint density at radius 2 is 1.66 bits per heavy atom. The van der Waals surface area contributed by atoms with Crippen LogP contribution in [0.3, 0.4) is 0 Å². The third kappa shape index (κ3) is 6.18. The van der Waals surface area contributed by atoms with Crippen molar-refractivity contribution in [2.75, 3.05) is 11.9 Å². The van der Waals surface area contributed by atoms with E-state index in [0.717, 1.165) is 63.5 Å². The number of aromatic nitrogens is 2. The molecule has 238 valence electrons. The Labute approximate surface area is 262 Å². The number of rotatable bonds is 11.